The van der Waals surface area contributed by atoms with Gasteiger partial charge in [-0.15, -0.1) is 0 Å². The zero-order valence-electron chi connectivity index (χ0n) is 13.1. The number of ether oxygens (including phenoxy) is 8. The van der Waals surface area contributed by atoms with Crippen LogP contribution in [-0.2, 0) is 37.9 Å². The highest BCUT2D eigenvalue weighted by molar-refractivity contribution is 4.84. The molecule has 0 radical (unpaired) electrons. The molecule has 4 heterocycles. The van der Waals surface area contributed by atoms with Crippen molar-refractivity contribution in [2.75, 3.05) is 66.1 Å². The van der Waals surface area contributed by atoms with E-state index in [1.165, 1.54) is 0 Å². The molecule has 0 bridgehead atoms. The fourth-order valence-corrected chi connectivity index (χ4v) is 2.40. The Labute approximate surface area is 135 Å². The average Bonchev–Trinajstić information content (AvgIpc) is 3.42. The van der Waals surface area contributed by atoms with E-state index in [0.29, 0.717) is 52.9 Å². The Morgan fingerprint density at radius 1 is 0.783 bits per heavy atom. The Bertz CT molecular complexity index is 380. The van der Waals surface area contributed by atoms with Crippen molar-refractivity contribution in [3.05, 3.63) is 0 Å². The fraction of sp³-hybridized carbons (Fsp3) is 1.00. The zero-order chi connectivity index (χ0) is 15.5. The van der Waals surface area contributed by atoms with Crippen LogP contribution in [0.15, 0.2) is 0 Å². The van der Waals surface area contributed by atoms with Gasteiger partial charge in [0.05, 0.1) is 52.9 Å². The van der Waals surface area contributed by atoms with Crippen LogP contribution in [0.4, 0.5) is 0 Å². The first-order chi connectivity index (χ1) is 11.3. The fourth-order valence-electron chi connectivity index (χ4n) is 2.40. The lowest BCUT2D eigenvalue weighted by molar-refractivity contribution is -0.182. The van der Waals surface area contributed by atoms with Crippen molar-refractivity contribution >= 4 is 0 Å². The largest absolute Gasteiger partial charge is 0.376 e. The van der Waals surface area contributed by atoms with Gasteiger partial charge in [-0.2, -0.15) is 0 Å². The quantitative estimate of drug-likeness (QED) is 0.461. The maximum atomic E-state index is 5.91. The highest BCUT2D eigenvalue weighted by Crippen LogP contribution is 2.30. The molecule has 0 aromatic carbocycles. The number of rotatable bonds is 11. The second kappa shape index (κ2) is 7.28. The van der Waals surface area contributed by atoms with E-state index in [4.69, 9.17) is 37.9 Å². The molecule has 5 unspecified atom stereocenters. The van der Waals surface area contributed by atoms with Crippen molar-refractivity contribution in [2.24, 2.45) is 0 Å². The predicted molar refractivity (Wildman–Crippen MR) is 75.2 cm³/mol. The first-order valence-corrected chi connectivity index (χ1v) is 8.21. The topological polar surface area (TPSA) is 83.7 Å². The molecule has 5 atom stereocenters. The van der Waals surface area contributed by atoms with Crippen LogP contribution in [0.25, 0.3) is 0 Å². The molecule has 0 aromatic heterocycles. The molecule has 0 aromatic rings. The van der Waals surface area contributed by atoms with Crippen molar-refractivity contribution < 1.29 is 37.9 Å². The summed E-state index contributed by atoms with van der Waals surface area (Å²) in [4.78, 5) is 0. The van der Waals surface area contributed by atoms with Crippen LogP contribution in [0.3, 0.4) is 0 Å². The van der Waals surface area contributed by atoms with Gasteiger partial charge in [0.1, 0.15) is 37.6 Å². The molecule has 0 aliphatic carbocycles. The number of hydrogen-bond acceptors (Lipinski definition) is 8. The van der Waals surface area contributed by atoms with Crippen LogP contribution >= 0.6 is 0 Å². The molecule has 4 saturated heterocycles. The van der Waals surface area contributed by atoms with E-state index in [-0.39, 0.29) is 24.4 Å². The van der Waals surface area contributed by atoms with Crippen molar-refractivity contribution in [2.45, 2.75) is 30.2 Å². The second-order valence-electron chi connectivity index (χ2n) is 6.39. The SMILES string of the molecule is C(OCC1COCC(COCC2(OCC3CO3)CO2)O1)C1CO1. The summed E-state index contributed by atoms with van der Waals surface area (Å²) < 4.78 is 44.0. The Hall–Kier alpha value is -0.320. The summed E-state index contributed by atoms with van der Waals surface area (Å²) in [6, 6.07) is 0. The van der Waals surface area contributed by atoms with E-state index < -0.39 is 5.79 Å². The van der Waals surface area contributed by atoms with Crippen molar-refractivity contribution in [1.82, 2.24) is 0 Å². The van der Waals surface area contributed by atoms with Crippen LogP contribution in [0, 0.1) is 0 Å². The van der Waals surface area contributed by atoms with Gasteiger partial charge >= 0.3 is 0 Å². The van der Waals surface area contributed by atoms with Crippen molar-refractivity contribution in [3.63, 3.8) is 0 Å². The van der Waals surface area contributed by atoms with Gasteiger partial charge in [-0.05, 0) is 0 Å². The second-order valence-corrected chi connectivity index (χ2v) is 6.39. The monoisotopic (exact) mass is 332 g/mol. The highest BCUT2D eigenvalue weighted by atomic mass is 16.8. The Morgan fingerprint density at radius 2 is 1.39 bits per heavy atom. The molecule has 0 spiro atoms. The van der Waals surface area contributed by atoms with E-state index in [1.807, 2.05) is 0 Å². The van der Waals surface area contributed by atoms with E-state index >= 15 is 0 Å². The number of epoxide rings is 3. The van der Waals surface area contributed by atoms with Crippen LogP contribution in [0.2, 0.25) is 0 Å². The van der Waals surface area contributed by atoms with Gasteiger partial charge in [-0.1, -0.05) is 0 Å². The molecule has 4 rings (SSSR count). The third kappa shape index (κ3) is 5.33. The van der Waals surface area contributed by atoms with Crippen LogP contribution in [-0.4, -0.2) is 96.3 Å². The molecule has 0 amide bonds. The Kier molecular flexibility index (Phi) is 5.12. The molecule has 0 saturated carbocycles. The smallest absolute Gasteiger partial charge is 0.216 e. The van der Waals surface area contributed by atoms with Gasteiger partial charge in [-0.25, -0.2) is 0 Å². The molecule has 0 N–H and O–H groups in total. The van der Waals surface area contributed by atoms with Gasteiger partial charge in [-0.3, -0.25) is 0 Å². The summed E-state index contributed by atoms with van der Waals surface area (Å²) in [6.07, 6.45) is 0.366. The zero-order valence-corrected chi connectivity index (χ0v) is 13.1. The maximum Gasteiger partial charge on any atom is 0.216 e. The molecule has 8 nitrogen and oxygen atoms in total. The first kappa shape index (κ1) is 16.2. The molecule has 4 fully saturated rings. The maximum absolute atomic E-state index is 5.91. The van der Waals surface area contributed by atoms with E-state index in [1.54, 1.807) is 0 Å². The third-order valence-electron chi connectivity index (χ3n) is 4.03. The summed E-state index contributed by atoms with van der Waals surface area (Å²) in [7, 11) is 0. The van der Waals surface area contributed by atoms with Gasteiger partial charge in [0.25, 0.3) is 0 Å². The standard InChI is InChI=1S/C15H24O8/c1(11-6-19-11)16-2-13-3-17-4-14(23-13)5-18-9-15(10-22-15)21-8-12-7-20-12/h11-14H,1-10H2. The first-order valence-electron chi connectivity index (χ1n) is 8.21. The van der Waals surface area contributed by atoms with Gasteiger partial charge in [0, 0.05) is 0 Å². The molecule has 23 heavy (non-hydrogen) atoms. The lowest BCUT2D eigenvalue weighted by Gasteiger charge is -2.30. The summed E-state index contributed by atoms with van der Waals surface area (Å²) in [5.41, 5.74) is 0. The average molecular weight is 332 g/mol. The molecule has 8 heteroatoms. The highest BCUT2D eigenvalue weighted by Gasteiger charge is 2.48. The molecular weight excluding hydrogens is 308 g/mol. The van der Waals surface area contributed by atoms with E-state index in [9.17, 15) is 0 Å². The molecule has 4 aliphatic rings. The van der Waals surface area contributed by atoms with Crippen molar-refractivity contribution in [1.29, 1.82) is 0 Å². The van der Waals surface area contributed by atoms with Crippen LogP contribution in [0.1, 0.15) is 0 Å². The minimum Gasteiger partial charge on any atom is -0.376 e. The van der Waals surface area contributed by atoms with Crippen LogP contribution < -0.4 is 0 Å². The minimum absolute atomic E-state index is 0.0505. The number of hydrogen-bond donors (Lipinski definition) is 0. The summed E-state index contributed by atoms with van der Waals surface area (Å²) in [5, 5.41) is 0. The Morgan fingerprint density at radius 3 is 2.04 bits per heavy atom. The molecular formula is C15H24O8. The molecule has 132 valence electrons. The van der Waals surface area contributed by atoms with Gasteiger partial charge in [0.2, 0.25) is 5.79 Å². The van der Waals surface area contributed by atoms with Crippen molar-refractivity contribution in [3.8, 4) is 0 Å². The third-order valence-corrected chi connectivity index (χ3v) is 4.03. The lowest BCUT2D eigenvalue weighted by Crippen LogP contribution is -2.42. The summed E-state index contributed by atoms with van der Waals surface area (Å²) in [6.45, 7) is 5.81. The summed E-state index contributed by atoms with van der Waals surface area (Å²) >= 11 is 0. The predicted octanol–water partition coefficient (Wildman–Crippen LogP) is -0.656. The van der Waals surface area contributed by atoms with E-state index in [0.717, 1.165) is 13.2 Å². The van der Waals surface area contributed by atoms with Gasteiger partial charge < -0.3 is 37.9 Å². The Balaban J connectivity index is 1.09. The van der Waals surface area contributed by atoms with E-state index in [2.05, 4.69) is 0 Å². The van der Waals surface area contributed by atoms with Crippen LogP contribution in [0.5, 0.6) is 0 Å². The lowest BCUT2D eigenvalue weighted by atomic mass is 10.3. The minimum atomic E-state index is -0.575. The molecule has 4 aliphatic heterocycles. The van der Waals surface area contributed by atoms with Gasteiger partial charge in [0.15, 0.2) is 0 Å². The normalized spacial score (nSPS) is 41.7. The summed E-state index contributed by atoms with van der Waals surface area (Å²) in [5.74, 6) is -0.575.